The topological polar surface area (TPSA) is 30.5 Å². The molecule has 0 saturated carbocycles. The molecular weight excluding hydrogens is 226 g/mol. The Labute approximate surface area is 114 Å². The van der Waals surface area contributed by atoms with Crippen LogP contribution in [0.15, 0.2) is 0 Å². The van der Waals surface area contributed by atoms with Gasteiger partial charge in [0.25, 0.3) is 0 Å². The van der Waals surface area contributed by atoms with Gasteiger partial charge < -0.3 is 14.8 Å². The number of ether oxygens (including phenoxy) is 2. The number of hydrogen-bond acceptors (Lipinski definition) is 3. The van der Waals surface area contributed by atoms with Crippen LogP contribution in [-0.4, -0.2) is 39.5 Å². The van der Waals surface area contributed by atoms with Crippen LogP contribution >= 0.6 is 0 Å². The summed E-state index contributed by atoms with van der Waals surface area (Å²) in [6.45, 7) is 10.1. The van der Waals surface area contributed by atoms with Gasteiger partial charge in [-0.3, -0.25) is 0 Å². The molecule has 0 fully saturated rings. The van der Waals surface area contributed by atoms with Gasteiger partial charge in [0.1, 0.15) is 0 Å². The number of nitrogens with one attached hydrogen (secondary N) is 1. The number of unbranched alkanes of at least 4 members (excludes halogenated alkanes) is 1. The summed E-state index contributed by atoms with van der Waals surface area (Å²) in [6, 6.07) is 0.332. The van der Waals surface area contributed by atoms with Crippen molar-refractivity contribution in [2.75, 3.05) is 33.5 Å². The zero-order valence-electron chi connectivity index (χ0n) is 12.8. The standard InChI is InChI=1S/C15H33NO2/c1-5-8-9-14(7-3)11-18-13-15(12-17-4)16-10-6-2/h14-16H,5-13H2,1-4H3. The first kappa shape index (κ1) is 17.9. The minimum absolute atomic E-state index is 0.332. The number of rotatable bonds is 13. The molecule has 0 heterocycles. The molecule has 0 aromatic heterocycles. The molecule has 0 spiro atoms. The fourth-order valence-corrected chi connectivity index (χ4v) is 1.99. The predicted octanol–water partition coefficient (Wildman–Crippen LogP) is 3.23. The van der Waals surface area contributed by atoms with Gasteiger partial charge in [-0.15, -0.1) is 0 Å². The van der Waals surface area contributed by atoms with Gasteiger partial charge in [0, 0.05) is 13.7 Å². The zero-order chi connectivity index (χ0) is 13.6. The highest BCUT2D eigenvalue weighted by molar-refractivity contribution is 4.65. The summed E-state index contributed by atoms with van der Waals surface area (Å²) in [4.78, 5) is 0. The summed E-state index contributed by atoms with van der Waals surface area (Å²) < 4.78 is 11.1. The van der Waals surface area contributed by atoms with E-state index in [9.17, 15) is 0 Å². The van der Waals surface area contributed by atoms with Crippen LogP contribution < -0.4 is 5.32 Å². The minimum atomic E-state index is 0.332. The molecule has 3 nitrogen and oxygen atoms in total. The van der Waals surface area contributed by atoms with Crippen LogP contribution in [0.3, 0.4) is 0 Å². The molecule has 0 aliphatic carbocycles. The Kier molecular flexibility index (Phi) is 13.2. The van der Waals surface area contributed by atoms with Crippen LogP contribution in [0.4, 0.5) is 0 Å². The van der Waals surface area contributed by atoms with Gasteiger partial charge in [-0.05, 0) is 25.3 Å². The van der Waals surface area contributed by atoms with Crippen molar-refractivity contribution in [3.8, 4) is 0 Å². The molecule has 0 aromatic carbocycles. The smallest absolute Gasteiger partial charge is 0.0642 e. The van der Waals surface area contributed by atoms with Crippen molar-refractivity contribution in [2.45, 2.75) is 58.9 Å². The van der Waals surface area contributed by atoms with E-state index in [1.165, 1.54) is 25.7 Å². The SMILES string of the molecule is CCCCC(CC)COCC(COC)NCCC. The lowest BCUT2D eigenvalue weighted by Crippen LogP contribution is -2.38. The quantitative estimate of drug-likeness (QED) is 0.551. The Morgan fingerprint density at radius 3 is 2.33 bits per heavy atom. The highest BCUT2D eigenvalue weighted by atomic mass is 16.5. The first-order chi connectivity index (χ1) is 8.78. The van der Waals surface area contributed by atoms with Gasteiger partial charge >= 0.3 is 0 Å². The van der Waals surface area contributed by atoms with Crippen molar-refractivity contribution in [3.05, 3.63) is 0 Å². The predicted molar refractivity (Wildman–Crippen MR) is 78.1 cm³/mol. The van der Waals surface area contributed by atoms with Crippen molar-refractivity contribution in [3.63, 3.8) is 0 Å². The maximum absolute atomic E-state index is 5.85. The molecule has 110 valence electrons. The van der Waals surface area contributed by atoms with Gasteiger partial charge in [-0.1, -0.05) is 40.0 Å². The Hall–Kier alpha value is -0.120. The lowest BCUT2D eigenvalue weighted by atomic mass is 10.0. The normalized spacial score (nSPS) is 14.7. The van der Waals surface area contributed by atoms with Crippen LogP contribution in [-0.2, 0) is 9.47 Å². The molecule has 2 atom stereocenters. The molecular formula is C15H33NO2. The Morgan fingerprint density at radius 1 is 1.00 bits per heavy atom. The molecule has 1 N–H and O–H groups in total. The first-order valence-corrected chi connectivity index (χ1v) is 7.58. The van der Waals surface area contributed by atoms with Crippen LogP contribution in [0.2, 0.25) is 0 Å². The van der Waals surface area contributed by atoms with E-state index >= 15 is 0 Å². The van der Waals surface area contributed by atoms with E-state index in [0.717, 1.165) is 38.7 Å². The van der Waals surface area contributed by atoms with E-state index in [2.05, 4.69) is 26.1 Å². The van der Waals surface area contributed by atoms with E-state index < -0.39 is 0 Å². The van der Waals surface area contributed by atoms with Gasteiger partial charge in [0.2, 0.25) is 0 Å². The summed E-state index contributed by atoms with van der Waals surface area (Å²) in [5.41, 5.74) is 0. The van der Waals surface area contributed by atoms with E-state index in [0.29, 0.717) is 6.04 Å². The molecule has 2 unspecified atom stereocenters. The highest BCUT2D eigenvalue weighted by Crippen LogP contribution is 2.12. The molecule has 0 aromatic rings. The first-order valence-electron chi connectivity index (χ1n) is 7.58. The zero-order valence-corrected chi connectivity index (χ0v) is 12.8. The van der Waals surface area contributed by atoms with Crippen LogP contribution in [0, 0.1) is 5.92 Å². The molecule has 0 rings (SSSR count). The molecule has 18 heavy (non-hydrogen) atoms. The van der Waals surface area contributed by atoms with Crippen LogP contribution in [0.5, 0.6) is 0 Å². The Balaban J connectivity index is 3.73. The highest BCUT2D eigenvalue weighted by Gasteiger charge is 2.10. The summed E-state index contributed by atoms with van der Waals surface area (Å²) in [7, 11) is 1.75. The summed E-state index contributed by atoms with van der Waals surface area (Å²) in [6.07, 6.45) is 6.26. The molecule has 0 bridgehead atoms. The lowest BCUT2D eigenvalue weighted by Gasteiger charge is -2.20. The molecule has 0 aliphatic rings. The van der Waals surface area contributed by atoms with Crippen molar-refractivity contribution < 1.29 is 9.47 Å². The second-order valence-electron chi connectivity index (χ2n) is 5.06. The third-order valence-corrected chi connectivity index (χ3v) is 3.27. The maximum Gasteiger partial charge on any atom is 0.0642 e. The fourth-order valence-electron chi connectivity index (χ4n) is 1.99. The van der Waals surface area contributed by atoms with Crippen LogP contribution in [0.1, 0.15) is 52.9 Å². The molecule has 0 saturated heterocycles. The van der Waals surface area contributed by atoms with E-state index in [1.54, 1.807) is 7.11 Å². The second-order valence-corrected chi connectivity index (χ2v) is 5.06. The van der Waals surface area contributed by atoms with Crippen molar-refractivity contribution in [2.24, 2.45) is 5.92 Å². The summed E-state index contributed by atoms with van der Waals surface area (Å²) in [5, 5.41) is 3.46. The molecule has 0 radical (unpaired) electrons. The third kappa shape index (κ3) is 9.86. The molecule has 3 heteroatoms. The van der Waals surface area contributed by atoms with E-state index in [-0.39, 0.29) is 0 Å². The van der Waals surface area contributed by atoms with Gasteiger partial charge in [-0.2, -0.15) is 0 Å². The fraction of sp³-hybridized carbons (Fsp3) is 1.00. The second kappa shape index (κ2) is 13.3. The largest absolute Gasteiger partial charge is 0.383 e. The Morgan fingerprint density at radius 2 is 1.78 bits per heavy atom. The average Bonchev–Trinajstić information content (AvgIpc) is 2.39. The van der Waals surface area contributed by atoms with Gasteiger partial charge in [0.05, 0.1) is 19.3 Å². The maximum atomic E-state index is 5.85. The number of methoxy groups -OCH3 is 1. The monoisotopic (exact) mass is 259 g/mol. The van der Waals surface area contributed by atoms with Gasteiger partial charge in [0.15, 0.2) is 0 Å². The van der Waals surface area contributed by atoms with Crippen molar-refractivity contribution in [1.29, 1.82) is 0 Å². The third-order valence-electron chi connectivity index (χ3n) is 3.27. The van der Waals surface area contributed by atoms with Crippen LogP contribution in [0.25, 0.3) is 0 Å². The van der Waals surface area contributed by atoms with E-state index in [1.807, 2.05) is 0 Å². The minimum Gasteiger partial charge on any atom is -0.383 e. The van der Waals surface area contributed by atoms with Gasteiger partial charge in [-0.25, -0.2) is 0 Å². The average molecular weight is 259 g/mol. The summed E-state index contributed by atoms with van der Waals surface area (Å²) in [5.74, 6) is 0.722. The van der Waals surface area contributed by atoms with Crippen molar-refractivity contribution in [1.82, 2.24) is 5.32 Å². The molecule has 0 aliphatic heterocycles. The van der Waals surface area contributed by atoms with Crippen molar-refractivity contribution >= 4 is 0 Å². The summed E-state index contributed by atoms with van der Waals surface area (Å²) >= 11 is 0. The lowest BCUT2D eigenvalue weighted by molar-refractivity contribution is 0.0524. The van der Waals surface area contributed by atoms with E-state index in [4.69, 9.17) is 9.47 Å². The Bertz CT molecular complexity index is 165. The number of hydrogen-bond donors (Lipinski definition) is 1. The molecule has 0 amide bonds.